The third-order valence-corrected chi connectivity index (χ3v) is 5.37. The molecule has 0 unspecified atom stereocenters. The first-order chi connectivity index (χ1) is 13.0. The molecule has 1 aromatic heterocycles. The summed E-state index contributed by atoms with van der Waals surface area (Å²) >= 11 is 0. The molecule has 1 saturated heterocycles. The first-order valence-electron chi connectivity index (χ1n) is 9.23. The molecule has 0 radical (unpaired) electrons. The normalized spacial score (nSPS) is 22.3. The summed E-state index contributed by atoms with van der Waals surface area (Å²) in [5.74, 6) is 0.953. The maximum Gasteiger partial charge on any atom is 0.234 e. The summed E-state index contributed by atoms with van der Waals surface area (Å²) in [5, 5.41) is 12.3. The quantitative estimate of drug-likeness (QED) is 0.897. The van der Waals surface area contributed by atoms with Crippen molar-refractivity contribution in [2.75, 3.05) is 18.0 Å². The van der Waals surface area contributed by atoms with Crippen molar-refractivity contribution < 1.29 is 13.6 Å². The average Bonchev–Trinajstić information content (AvgIpc) is 3.33. The SMILES string of the molecule is Cc1nc(C#N)c(N2CCC(C(=O)N[C@H]3C[C@@H]3c3cccc(F)c3)CC2)o1. The van der Waals surface area contributed by atoms with Crippen LogP contribution in [-0.2, 0) is 4.79 Å². The Morgan fingerprint density at radius 3 is 2.89 bits per heavy atom. The van der Waals surface area contributed by atoms with Gasteiger partial charge in [0.25, 0.3) is 0 Å². The molecular formula is C20H21FN4O2. The average molecular weight is 368 g/mol. The molecule has 1 aliphatic heterocycles. The second kappa shape index (κ2) is 7.03. The first kappa shape index (κ1) is 17.5. The smallest absolute Gasteiger partial charge is 0.234 e. The number of halogens is 1. The molecule has 7 heteroatoms. The van der Waals surface area contributed by atoms with Crippen LogP contribution in [0.2, 0.25) is 0 Å². The molecule has 1 aromatic carbocycles. The first-order valence-corrected chi connectivity index (χ1v) is 9.23. The second-order valence-electron chi connectivity index (χ2n) is 7.27. The lowest BCUT2D eigenvalue weighted by atomic mass is 9.96. The highest BCUT2D eigenvalue weighted by molar-refractivity contribution is 5.80. The number of rotatable bonds is 4. The van der Waals surface area contributed by atoms with Crippen molar-refractivity contribution in [2.24, 2.45) is 5.92 Å². The molecule has 2 heterocycles. The molecule has 0 spiro atoms. The van der Waals surface area contributed by atoms with Gasteiger partial charge in [0.2, 0.25) is 17.5 Å². The number of hydrogen-bond donors (Lipinski definition) is 1. The van der Waals surface area contributed by atoms with Gasteiger partial charge in [0.1, 0.15) is 11.9 Å². The number of hydrogen-bond acceptors (Lipinski definition) is 5. The van der Waals surface area contributed by atoms with Crippen LogP contribution in [0.15, 0.2) is 28.7 Å². The number of nitriles is 1. The number of nitrogens with zero attached hydrogens (tertiary/aromatic N) is 3. The van der Waals surface area contributed by atoms with Crippen LogP contribution in [0.5, 0.6) is 0 Å². The van der Waals surface area contributed by atoms with Crippen LogP contribution in [-0.4, -0.2) is 30.0 Å². The fourth-order valence-corrected chi connectivity index (χ4v) is 3.81. The Morgan fingerprint density at radius 1 is 1.41 bits per heavy atom. The Labute approximate surface area is 157 Å². The summed E-state index contributed by atoms with van der Waals surface area (Å²) in [7, 11) is 0. The second-order valence-corrected chi connectivity index (χ2v) is 7.27. The van der Waals surface area contributed by atoms with Crippen LogP contribution in [0.3, 0.4) is 0 Å². The topological polar surface area (TPSA) is 82.2 Å². The van der Waals surface area contributed by atoms with Gasteiger partial charge in [0.05, 0.1) is 0 Å². The zero-order valence-corrected chi connectivity index (χ0v) is 15.1. The van der Waals surface area contributed by atoms with Crippen molar-refractivity contribution >= 4 is 11.8 Å². The zero-order chi connectivity index (χ0) is 19.0. The fraction of sp³-hybridized carbons (Fsp3) is 0.450. The molecule has 6 nitrogen and oxygen atoms in total. The maximum absolute atomic E-state index is 13.3. The lowest BCUT2D eigenvalue weighted by molar-refractivity contribution is -0.125. The van der Waals surface area contributed by atoms with Crippen LogP contribution < -0.4 is 10.2 Å². The largest absolute Gasteiger partial charge is 0.424 e. The Hall–Kier alpha value is -2.88. The highest BCUT2D eigenvalue weighted by Gasteiger charge is 2.41. The molecule has 2 atom stereocenters. The predicted molar refractivity (Wildman–Crippen MR) is 96.6 cm³/mol. The molecule has 2 aliphatic rings. The van der Waals surface area contributed by atoms with E-state index in [4.69, 9.17) is 9.68 Å². The van der Waals surface area contributed by atoms with E-state index in [2.05, 4.69) is 16.4 Å². The molecule has 140 valence electrons. The Balaban J connectivity index is 1.30. The number of aromatic nitrogens is 1. The fourth-order valence-electron chi connectivity index (χ4n) is 3.81. The molecule has 1 N–H and O–H groups in total. The van der Waals surface area contributed by atoms with Crippen molar-refractivity contribution in [1.82, 2.24) is 10.3 Å². The molecular weight excluding hydrogens is 347 g/mol. The molecule has 0 bridgehead atoms. The van der Waals surface area contributed by atoms with Gasteiger partial charge in [0, 0.05) is 37.9 Å². The van der Waals surface area contributed by atoms with Crippen LogP contribution in [0.4, 0.5) is 10.3 Å². The van der Waals surface area contributed by atoms with E-state index >= 15 is 0 Å². The van der Waals surface area contributed by atoms with Crippen LogP contribution in [0, 0.1) is 30.0 Å². The number of anilines is 1. The van der Waals surface area contributed by atoms with Crippen LogP contribution in [0.1, 0.15) is 42.3 Å². The van der Waals surface area contributed by atoms with Crippen molar-refractivity contribution in [3.05, 3.63) is 47.2 Å². The van der Waals surface area contributed by atoms with E-state index in [0.717, 1.165) is 12.0 Å². The minimum Gasteiger partial charge on any atom is -0.424 e. The number of carbonyl (C=O) groups excluding carboxylic acids is 1. The van der Waals surface area contributed by atoms with Gasteiger partial charge in [-0.3, -0.25) is 4.79 Å². The summed E-state index contributed by atoms with van der Waals surface area (Å²) in [5.41, 5.74) is 1.24. The molecule has 4 rings (SSSR count). The lowest BCUT2D eigenvalue weighted by Crippen LogP contribution is -2.41. The Morgan fingerprint density at radius 2 is 2.19 bits per heavy atom. The Bertz CT molecular complexity index is 896. The van der Waals surface area contributed by atoms with E-state index in [1.165, 1.54) is 6.07 Å². The lowest BCUT2D eigenvalue weighted by Gasteiger charge is -2.31. The van der Waals surface area contributed by atoms with Gasteiger partial charge in [-0.05, 0) is 37.0 Å². The monoisotopic (exact) mass is 368 g/mol. The summed E-state index contributed by atoms with van der Waals surface area (Å²) in [4.78, 5) is 18.6. The third kappa shape index (κ3) is 3.65. The van der Waals surface area contributed by atoms with E-state index < -0.39 is 0 Å². The van der Waals surface area contributed by atoms with Crippen LogP contribution >= 0.6 is 0 Å². The van der Waals surface area contributed by atoms with Gasteiger partial charge >= 0.3 is 0 Å². The van der Waals surface area contributed by atoms with Gasteiger partial charge in [0.15, 0.2) is 5.89 Å². The van der Waals surface area contributed by atoms with Crippen molar-refractivity contribution in [1.29, 1.82) is 5.26 Å². The number of nitrogens with one attached hydrogen (secondary N) is 1. The number of amides is 1. The molecule has 2 fully saturated rings. The van der Waals surface area contributed by atoms with Crippen molar-refractivity contribution in [3.8, 4) is 6.07 Å². The van der Waals surface area contributed by atoms with Gasteiger partial charge in [-0.25, -0.2) is 9.37 Å². The highest BCUT2D eigenvalue weighted by atomic mass is 19.1. The number of aryl methyl sites for hydroxylation is 1. The van der Waals surface area contributed by atoms with E-state index in [1.807, 2.05) is 11.0 Å². The van der Waals surface area contributed by atoms with Gasteiger partial charge in [-0.2, -0.15) is 5.26 Å². The number of oxazole rings is 1. The number of benzene rings is 1. The van der Waals surface area contributed by atoms with Crippen molar-refractivity contribution in [3.63, 3.8) is 0 Å². The molecule has 1 amide bonds. The molecule has 2 aromatic rings. The van der Waals surface area contributed by atoms with E-state index in [-0.39, 0.29) is 29.6 Å². The minimum absolute atomic E-state index is 0.0513. The highest BCUT2D eigenvalue weighted by Crippen LogP contribution is 2.41. The summed E-state index contributed by atoms with van der Waals surface area (Å²) in [6.45, 7) is 3.02. The number of piperidine rings is 1. The van der Waals surface area contributed by atoms with Crippen LogP contribution in [0.25, 0.3) is 0 Å². The molecule has 27 heavy (non-hydrogen) atoms. The maximum atomic E-state index is 13.3. The molecule has 1 saturated carbocycles. The summed E-state index contributed by atoms with van der Waals surface area (Å²) < 4.78 is 18.9. The minimum atomic E-state index is -0.240. The van der Waals surface area contributed by atoms with Crippen molar-refractivity contribution in [2.45, 2.75) is 38.1 Å². The summed E-state index contributed by atoms with van der Waals surface area (Å²) in [6, 6.07) is 8.74. The standard InChI is InChI=1S/C20H21FN4O2/c1-12-23-18(11-22)20(27-12)25-7-5-13(6-8-25)19(26)24-17-10-16(17)14-3-2-4-15(21)9-14/h2-4,9,13,16-17H,5-8,10H2,1H3,(H,24,26)/t16-,17+/m1/s1. The van der Waals surface area contributed by atoms with E-state index in [9.17, 15) is 9.18 Å². The van der Waals surface area contributed by atoms with Gasteiger partial charge in [-0.15, -0.1) is 0 Å². The third-order valence-electron chi connectivity index (χ3n) is 5.37. The Kier molecular flexibility index (Phi) is 4.56. The zero-order valence-electron chi connectivity index (χ0n) is 15.1. The van der Waals surface area contributed by atoms with E-state index in [1.54, 1.807) is 19.1 Å². The number of carbonyl (C=O) groups is 1. The summed E-state index contributed by atoms with van der Waals surface area (Å²) in [6.07, 6.45) is 2.26. The van der Waals surface area contributed by atoms with Gasteiger partial charge < -0.3 is 14.6 Å². The van der Waals surface area contributed by atoms with E-state index in [0.29, 0.717) is 43.4 Å². The molecule has 1 aliphatic carbocycles. The van der Waals surface area contributed by atoms with Gasteiger partial charge in [-0.1, -0.05) is 12.1 Å². The predicted octanol–water partition coefficient (Wildman–Crippen LogP) is 2.88.